The third-order valence-electron chi connectivity index (χ3n) is 6.73. The summed E-state index contributed by atoms with van der Waals surface area (Å²) in [4.78, 5) is 22.8. The van der Waals surface area contributed by atoms with E-state index in [1.165, 1.54) is 69.8 Å². The molecule has 0 bridgehead atoms. The van der Waals surface area contributed by atoms with E-state index in [2.05, 4.69) is 37.3 Å². The van der Waals surface area contributed by atoms with Crippen molar-refractivity contribution in [2.75, 3.05) is 0 Å². The lowest BCUT2D eigenvalue weighted by Gasteiger charge is -2.43. The van der Waals surface area contributed by atoms with Crippen LogP contribution in [0.3, 0.4) is 0 Å². The number of unbranched alkanes of at least 4 members (excludes halogenated alkanes) is 9. The van der Waals surface area contributed by atoms with Crippen LogP contribution in [0.1, 0.15) is 103 Å². The monoisotopic (exact) mass is 416 g/mol. The maximum Gasteiger partial charge on any atom is 0.309 e. The highest BCUT2D eigenvalue weighted by Gasteiger charge is 2.55. The van der Waals surface area contributed by atoms with E-state index < -0.39 is 5.60 Å². The Morgan fingerprint density at radius 1 is 0.867 bits per heavy atom. The minimum absolute atomic E-state index is 0.174. The summed E-state index contributed by atoms with van der Waals surface area (Å²) < 4.78 is 5.53. The van der Waals surface area contributed by atoms with Gasteiger partial charge in [0.25, 0.3) is 0 Å². The summed E-state index contributed by atoms with van der Waals surface area (Å²) in [5.41, 5.74) is 0.593. The van der Waals surface area contributed by atoms with Crippen LogP contribution in [0, 0.1) is 0 Å². The Kier molecular flexibility index (Phi) is 8.76. The van der Waals surface area contributed by atoms with Crippen LogP contribution in [0.2, 0.25) is 0 Å². The normalized spacial score (nSPS) is 28.3. The van der Waals surface area contributed by atoms with Gasteiger partial charge in [0.15, 0.2) is 0 Å². The molecule has 168 valence electrons. The number of aryl methyl sites for hydroxylation is 1. The Labute approximate surface area is 182 Å². The molecule has 4 heteroatoms. The molecule has 2 aliphatic rings. The van der Waals surface area contributed by atoms with E-state index in [0.29, 0.717) is 6.42 Å². The van der Waals surface area contributed by atoms with E-state index in [1.807, 2.05) is 6.92 Å². The first-order valence-electron chi connectivity index (χ1n) is 12.1. The van der Waals surface area contributed by atoms with Gasteiger partial charge in [0.1, 0.15) is 17.3 Å². The van der Waals surface area contributed by atoms with Crippen molar-refractivity contribution in [3.63, 3.8) is 0 Å². The molecule has 0 N–H and O–H groups in total. The number of esters is 1. The highest BCUT2D eigenvalue weighted by Crippen LogP contribution is 2.44. The van der Waals surface area contributed by atoms with E-state index in [4.69, 9.17) is 14.5 Å². The van der Waals surface area contributed by atoms with Gasteiger partial charge < -0.3 is 4.74 Å². The lowest BCUT2D eigenvalue weighted by Crippen LogP contribution is -2.51. The molecule has 0 saturated carbocycles. The molecule has 30 heavy (non-hydrogen) atoms. The van der Waals surface area contributed by atoms with Gasteiger partial charge in [0.05, 0.1) is 6.42 Å². The lowest BCUT2D eigenvalue weighted by atomic mass is 9.82. The summed E-state index contributed by atoms with van der Waals surface area (Å²) >= 11 is 0. The molecular formula is C26H40O4. The third-order valence-corrected chi connectivity index (χ3v) is 6.73. The van der Waals surface area contributed by atoms with Gasteiger partial charge in [-0.05, 0) is 38.7 Å². The first-order valence-corrected chi connectivity index (χ1v) is 12.1. The maximum atomic E-state index is 11.6. The summed E-state index contributed by atoms with van der Waals surface area (Å²) in [5.74, 6) is -0.174. The fraction of sp³-hybridized carbons (Fsp3) is 0.731. The van der Waals surface area contributed by atoms with E-state index in [0.717, 1.165) is 19.3 Å². The van der Waals surface area contributed by atoms with Gasteiger partial charge in [-0.25, -0.2) is 9.78 Å². The molecule has 0 aliphatic carbocycles. The fourth-order valence-corrected chi connectivity index (χ4v) is 4.98. The van der Waals surface area contributed by atoms with E-state index in [-0.39, 0.29) is 17.7 Å². The highest BCUT2D eigenvalue weighted by molar-refractivity contribution is 5.73. The van der Waals surface area contributed by atoms with Crippen LogP contribution in [0.15, 0.2) is 30.3 Å². The molecule has 0 unspecified atom stereocenters. The second kappa shape index (κ2) is 11.3. The van der Waals surface area contributed by atoms with Crippen molar-refractivity contribution in [3.8, 4) is 0 Å². The molecular weight excluding hydrogens is 376 g/mol. The number of hydrogen-bond donors (Lipinski definition) is 0. The van der Waals surface area contributed by atoms with Crippen molar-refractivity contribution in [2.45, 2.75) is 121 Å². The van der Waals surface area contributed by atoms with Crippen molar-refractivity contribution in [1.82, 2.24) is 0 Å². The zero-order chi connectivity index (χ0) is 21.3. The Bertz CT molecular complexity index is 646. The van der Waals surface area contributed by atoms with Crippen LogP contribution >= 0.6 is 0 Å². The van der Waals surface area contributed by atoms with E-state index >= 15 is 0 Å². The minimum Gasteiger partial charge on any atom is -0.456 e. The molecule has 2 fully saturated rings. The van der Waals surface area contributed by atoms with Crippen LogP contribution in [0.25, 0.3) is 0 Å². The van der Waals surface area contributed by atoms with E-state index in [1.54, 1.807) is 0 Å². The largest absolute Gasteiger partial charge is 0.456 e. The lowest BCUT2D eigenvalue weighted by molar-refractivity contribution is -0.428. The number of rotatable bonds is 13. The molecule has 3 rings (SSSR count). The average molecular weight is 417 g/mol. The number of fused-ring (bicyclic) bond motifs is 1. The standard InChI is InChI=1S/C26H40O4/c1-25(21-26(2)23(29-30-25)20-24(27)28-26)19-15-10-8-6-4-3-5-7-9-12-16-22-17-13-11-14-18-22/h11,13-14,17-18,23H,3-10,12,15-16,19-21H2,1-2H3/t23-,25-,26-/m0/s1. The van der Waals surface area contributed by atoms with E-state index in [9.17, 15) is 4.79 Å². The Balaban J connectivity index is 1.15. The Morgan fingerprint density at radius 2 is 1.47 bits per heavy atom. The molecule has 0 spiro atoms. The fourth-order valence-electron chi connectivity index (χ4n) is 4.98. The Morgan fingerprint density at radius 3 is 2.13 bits per heavy atom. The number of carbonyl (C=O) groups excluding carboxylic acids is 1. The highest BCUT2D eigenvalue weighted by atomic mass is 17.2. The zero-order valence-corrected chi connectivity index (χ0v) is 19.0. The number of carbonyl (C=O) groups is 1. The second-order valence-electron chi connectivity index (χ2n) is 9.81. The van der Waals surface area contributed by atoms with Gasteiger partial charge in [0, 0.05) is 6.42 Å². The molecule has 4 nitrogen and oxygen atoms in total. The molecule has 3 atom stereocenters. The number of ether oxygens (including phenoxy) is 1. The summed E-state index contributed by atoms with van der Waals surface area (Å²) in [6.45, 7) is 4.06. The molecule has 0 radical (unpaired) electrons. The first kappa shape index (κ1) is 23.3. The van der Waals surface area contributed by atoms with Gasteiger partial charge in [-0.3, -0.25) is 4.79 Å². The second-order valence-corrected chi connectivity index (χ2v) is 9.81. The summed E-state index contributed by atoms with van der Waals surface area (Å²) in [6, 6.07) is 10.8. The predicted molar refractivity (Wildman–Crippen MR) is 119 cm³/mol. The van der Waals surface area contributed by atoms with Gasteiger partial charge >= 0.3 is 5.97 Å². The molecule has 2 saturated heterocycles. The molecule has 1 aromatic rings. The average Bonchev–Trinajstić information content (AvgIpc) is 3.02. The SMILES string of the molecule is C[C@]1(CCCCCCCCCCCCc2ccccc2)C[C@]2(C)OC(=O)C[C@@H]2OO1. The van der Waals surface area contributed by atoms with Crippen molar-refractivity contribution >= 4 is 5.97 Å². The molecule has 0 aromatic heterocycles. The quantitative estimate of drug-likeness (QED) is 0.204. The van der Waals surface area contributed by atoms with Crippen LogP contribution in [0.5, 0.6) is 0 Å². The van der Waals surface area contributed by atoms with Gasteiger partial charge in [-0.1, -0.05) is 88.1 Å². The van der Waals surface area contributed by atoms with Crippen LogP contribution in [-0.2, 0) is 25.7 Å². The number of benzene rings is 1. The third kappa shape index (κ3) is 7.09. The minimum atomic E-state index is -0.523. The van der Waals surface area contributed by atoms with Gasteiger partial charge in [-0.2, -0.15) is 0 Å². The van der Waals surface area contributed by atoms with Crippen LogP contribution in [0.4, 0.5) is 0 Å². The van der Waals surface area contributed by atoms with Gasteiger partial charge in [0.2, 0.25) is 0 Å². The van der Waals surface area contributed by atoms with Crippen molar-refractivity contribution in [3.05, 3.63) is 35.9 Å². The first-order chi connectivity index (χ1) is 14.5. The predicted octanol–water partition coefficient (Wildman–Crippen LogP) is 6.71. The van der Waals surface area contributed by atoms with Crippen molar-refractivity contribution < 1.29 is 19.3 Å². The molecule has 2 aliphatic heterocycles. The number of hydrogen-bond acceptors (Lipinski definition) is 4. The summed E-state index contributed by atoms with van der Waals surface area (Å²) in [6.07, 6.45) is 16.1. The Hall–Kier alpha value is -1.39. The topological polar surface area (TPSA) is 44.8 Å². The maximum absolute atomic E-state index is 11.6. The summed E-state index contributed by atoms with van der Waals surface area (Å²) in [7, 11) is 0. The molecule has 2 heterocycles. The van der Waals surface area contributed by atoms with Crippen LogP contribution in [-0.4, -0.2) is 23.3 Å². The van der Waals surface area contributed by atoms with Crippen molar-refractivity contribution in [1.29, 1.82) is 0 Å². The molecule has 0 amide bonds. The van der Waals surface area contributed by atoms with Crippen molar-refractivity contribution in [2.24, 2.45) is 0 Å². The van der Waals surface area contributed by atoms with Gasteiger partial charge in [-0.15, -0.1) is 0 Å². The smallest absolute Gasteiger partial charge is 0.309 e. The zero-order valence-electron chi connectivity index (χ0n) is 19.0. The molecule has 1 aromatic carbocycles. The summed E-state index contributed by atoms with van der Waals surface area (Å²) in [5, 5.41) is 0. The van der Waals surface area contributed by atoms with Crippen LogP contribution < -0.4 is 0 Å².